The van der Waals surface area contributed by atoms with Gasteiger partial charge in [0.1, 0.15) is 13.2 Å². The van der Waals surface area contributed by atoms with E-state index in [1.807, 2.05) is 0 Å². The fourth-order valence-corrected chi connectivity index (χ4v) is 4.31. The van der Waals surface area contributed by atoms with E-state index in [4.69, 9.17) is 37.9 Å². The van der Waals surface area contributed by atoms with Crippen LogP contribution in [0.25, 0.3) is 0 Å². The molecule has 6 rings (SSSR count). The van der Waals surface area contributed by atoms with E-state index in [2.05, 4.69) is 0 Å². The Morgan fingerprint density at radius 3 is 1.18 bits per heavy atom. The Balaban J connectivity index is 0.963. The second-order valence-corrected chi connectivity index (χ2v) is 10.4. The third-order valence-corrected chi connectivity index (χ3v) is 6.93. The molecule has 0 radical (unpaired) electrons. The Hall–Kier alpha value is -1.30. The normalized spacial score (nSPS) is 36.4. The standard InChI is InChI=1S/C24H38O10/c1-21-29-13-23(14-30-21,15-31-21)11-27-19(25)9-7-5-3-4-6-8-10-20(26)28-12-24-16-32-22(2,33-17-24)34-18-24/h3-18H2,1-2H3. The number of fused-ring (bicyclic) bond motifs is 6. The SMILES string of the molecule is CC12OCC(COC(=O)CCCCCCCCC(=O)OCC34COC(C)(OC3)OC4)(CO1)CO2. The van der Waals surface area contributed by atoms with E-state index in [-0.39, 0.29) is 25.2 Å². The van der Waals surface area contributed by atoms with Crippen molar-refractivity contribution in [3.8, 4) is 0 Å². The number of unbranched alkanes of at least 4 members (excludes halogenated alkanes) is 5. The third-order valence-electron chi connectivity index (χ3n) is 6.93. The second-order valence-electron chi connectivity index (χ2n) is 10.4. The van der Waals surface area contributed by atoms with Gasteiger partial charge in [0, 0.05) is 26.7 Å². The van der Waals surface area contributed by atoms with Crippen LogP contribution < -0.4 is 0 Å². The predicted octanol–water partition coefficient (Wildman–Crippen LogP) is 2.67. The highest BCUT2D eigenvalue weighted by atomic mass is 16.9. The fraction of sp³-hybridized carbons (Fsp3) is 0.917. The number of rotatable bonds is 13. The van der Waals surface area contributed by atoms with Gasteiger partial charge in [0.2, 0.25) is 0 Å². The molecule has 0 spiro atoms. The van der Waals surface area contributed by atoms with Gasteiger partial charge in [-0.3, -0.25) is 9.59 Å². The largest absolute Gasteiger partial charge is 0.465 e. The van der Waals surface area contributed by atoms with Crippen molar-refractivity contribution >= 4 is 11.9 Å². The van der Waals surface area contributed by atoms with Gasteiger partial charge in [0.25, 0.3) is 11.9 Å². The first-order valence-corrected chi connectivity index (χ1v) is 12.4. The van der Waals surface area contributed by atoms with Gasteiger partial charge in [-0.1, -0.05) is 25.7 Å². The summed E-state index contributed by atoms with van der Waals surface area (Å²) in [7, 11) is 0. The molecule has 6 heterocycles. The Morgan fingerprint density at radius 1 is 0.559 bits per heavy atom. The number of ether oxygens (including phenoxy) is 8. The molecule has 0 unspecified atom stereocenters. The highest BCUT2D eigenvalue weighted by Crippen LogP contribution is 2.39. The molecule has 4 bridgehead atoms. The van der Waals surface area contributed by atoms with Crippen molar-refractivity contribution in [3.05, 3.63) is 0 Å². The van der Waals surface area contributed by atoms with Crippen LogP contribution in [-0.4, -0.2) is 76.7 Å². The summed E-state index contributed by atoms with van der Waals surface area (Å²) in [6.45, 7) is 6.85. The van der Waals surface area contributed by atoms with Gasteiger partial charge in [-0.2, -0.15) is 0 Å². The molecule has 10 nitrogen and oxygen atoms in total. The van der Waals surface area contributed by atoms with Gasteiger partial charge in [-0.15, -0.1) is 0 Å². The lowest BCUT2D eigenvalue weighted by Crippen LogP contribution is -2.60. The van der Waals surface area contributed by atoms with E-state index >= 15 is 0 Å². The molecular weight excluding hydrogens is 448 g/mol. The fourth-order valence-electron chi connectivity index (χ4n) is 4.31. The zero-order chi connectivity index (χ0) is 24.1. The minimum atomic E-state index is -0.945. The summed E-state index contributed by atoms with van der Waals surface area (Å²) in [5.41, 5.74) is -0.782. The second kappa shape index (κ2) is 10.8. The zero-order valence-corrected chi connectivity index (χ0v) is 20.4. The topological polar surface area (TPSA) is 108 Å². The van der Waals surface area contributed by atoms with Crippen LogP contribution in [-0.2, 0) is 47.5 Å². The molecule has 0 saturated carbocycles. The molecule has 0 N–H and O–H groups in total. The summed E-state index contributed by atoms with van der Waals surface area (Å²) < 4.78 is 44.1. The number of esters is 2. The molecule has 0 amide bonds. The van der Waals surface area contributed by atoms with Crippen LogP contribution in [0.15, 0.2) is 0 Å². The van der Waals surface area contributed by atoms with Gasteiger partial charge in [-0.25, -0.2) is 0 Å². The van der Waals surface area contributed by atoms with Crippen LogP contribution >= 0.6 is 0 Å². The molecule has 0 aromatic rings. The minimum absolute atomic E-state index is 0.197. The van der Waals surface area contributed by atoms with E-state index in [0.29, 0.717) is 52.5 Å². The maximum atomic E-state index is 12.0. The molecule has 6 fully saturated rings. The van der Waals surface area contributed by atoms with Crippen LogP contribution in [0.5, 0.6) is 0 Å². The predicted molar refractivity (Wildman–Crippen MR) is 116 cm³/mol. The van der Waals surface area contributed by atoms with E-state index in [1.54, 1.807) is 13.8 Å². The quantitative estimate of drug-likeness (QED) is 0.285. The lowest BCUT2D eigenvalue weighted by molar-refractivity contribution is -0.462. The molecule has 6 aliphatic heterocycles. The molecule has 194 valence electrons. The number of carbonyl (C=O) groups is 2. The molecule has 0 aromatic heterocycles. The van der Waals surface area contributed by atoms with Crippen LogP contribution in [0.3, 0.4) is 0 Å². The average Bonchev–Trinajstić information content (AvgIpc) is 2.85. The third kappa shape index (κ3) is 6.67. The summed E-state index contributed by atoms with van der Waals surface area (Å²) in [6, 6.07) is 0. The molecule has 10 heteroatoms. The molecule has 0 aliphatic carbocycles. The lowest BCUT2D eigenvalue weighted by atomic mass is 9.90. The first kappa shape index (κ1) is 25.8. The van der Waals surface area contributed by atoms with Gasteiger partial charge < -0.3 is 37.9 Å². The van der Waals surface area contributed by atoms with Gasteiger partial charge in [-0.05, 0) is 12.8 Å². The molecule has 0 atom stereocenters. The maximum absolute atomic E-state index is 12.0. The summed E-state index contributed by atoms with van der Waals surface area (Å²) in [4.78, 5) is 24.1. The van der Waals surface area contributed by atoms with Crippen molar-refractivity contribution in [3.63, 3.8) is 0 Å². The summed E-state index contributed by atoms with van der Waals surface area (Å²) >= 11 is 0. The van der Waals surface area contributed by atoms with E-state index in [1.165, 1.54) is 0 Å². The molecule has 6 saturated heterocycles. The monoisotopic (exact) mass is 486 g/mol. The van der Waals surface area contributed by atoms with Gasteiger partial charge >= 0.3 is 11.9 Å². The maximum Gasteiger partial charge on any atom is 0.305 e. The average molecular weight is 487 g/mol. The van der Waals surface area contributed by atoms with Crippen LogP contribution in [0, 0.1) is 10.8 Å². The van der Waals surface area contributed by atoms with E-state index in [0.717, 1.165) is 38.5 Å². The van der Waals surface area contributed by atoms with Crippen LogP contribution in [0.4, 0.5) is 0 Å². The van der Waals surface area contributed by atoms with E-state index in [9.17, 15) is 9.59 Å². The van der Waals surface area contributed by atoms with Crippen LogP contribution in [0.1, 0.15) is 65.2 Å². The first-order valence-electron chi connectivity index (χ1n) is 12.4. The van der Waals surface area contributed by atoms with Crippen molar-refractivity contribution in [1.82, 2.24) is 0 Å². The Labute approximate surface area is 200 Å². The van der Waals surface area contributed by atoms with Crippen molar-refractivity contribution in [1.29, 1.82) is 0 Å². The Kier molecular flexibility index (Phi) is 8.16. The smallest absolute Gasteiger partial charge is 0.305 e. The van der Waals surface area contributed by atoms with Crippen LogP contribution in [0.2, 0.25) is 0 Å². The summed E-state index contributed by atoms with van der Waals surface area (Å²) in [5, 5.41) is 0. The highest BCUT2D eigenvalue weighted by Gasteiger charge is 2.51. The minimum Gasteiger partial charge on any atom is -0.465 e. The molecule has 6 aliphatic rings. The van der Waals surface area contributed by atoms with Crippen molar-refractivity contribution in [2.45, 2.75) is 77.2 Å². The van der Waals surface area contributed by atoms with Crippen molar-refractivity contribution in [2.24, 2.45) is 10.8 Å². The summed E-state index contributed by atoms with van der Waals surface area (Å²) in [5.74, 6) is -2.28. The molecule has 34 heavy (non-hydrogen) atoms. The molecule has 0 aromatic carbocycles. The molecular formula is C24H38O10. The number of hydrogen-bond acceptors (Lipinski definition) is 10. The highest BCUT2D eigenvalue weighted by molar-refractivity contribution is 5.69. The number of carbonyl (C=O) groups excluding carboxylic acids is 2. The Morgan fingerprint density at radius 2 is 0.853 bits per heavy atom. The summed E-state index contributed by atoms with van der Waals surface area (Å²) in [6.07, 6.45) is 6.36. The number of hydrogen-bond donors (Lipinski definition) is 0. The lowest BCUT2D eigenvalue weighted by Gasteiger charge is -2.49. The van der Waals surface area contributed by atoms with Crippen molar-refractivity contribution < 1.29 is 47.5 Å². The van der Waals surface area contributed by atoms with E-state index < -0.39 is 22.8 Å². The van der Waals surface area contributed by atoms with Gasteiger partial charge in [0.05, 0.1) is 50.5 Å². The van der Waals surface area contributed by atoms with Crippen molar-refractivity contribution in [2.75, 3.05) is 52.9 Å². The Bertz CT molecular complexity index is 613. The zero-order valence-electron chi connectivity index (χ0n) is 20.4. The first-order chi connectivity index (χ1) is 16.2. The van der Waals surface area contributed by atoms with Gasteiger partial charge in [0.15, 0.2) is 0 Å².